The van der Waals surface area contributed by atoms with Crippen molar-refractivity contribution in [3.8, 4) is 0 Å². The van der Waals surface area contributed by atoms with Crippen molar-refractivity contribution >= 4 is 0 Å². The van der Waals surface area contributed by atoms with Gasteiger partial charge in [0, 0.05) is 5.92 Å². The number of hydrogen-bond donors (Lipinski definition) is 0. The van der Waals surface area contributed by atoms with E-state index in [0.717, 1.165) is 13.0 Å². The molecule has 1 aliphatic carbocycles. The van der Waals surface area contributed by atoms with E-state index in [-0.39, 0.29) is 0 Å². The third-order valence-corrected chi connectivity index (χ3v) is 2.99. The second-order valence-corrected chi connectivity index (χ2v) is 4.27. The van der Waals surface area contributed by atoms with Crippen molar-refractivity contribution in [1.82, 2.24) is 0 Å². The highest BCUT2D eigenvalue weighted by atomic mass is 16.5. The first-order valence-electron chi connectivity index (χ1n) is 5.81. The Kier molecular flexibility index (Phi) is 3.95. The van der Waals surface area contributed by atoms with Crippen LogP contribution in [-0.4, -0.2) is 6.61 Å². The van der Waals surface area contributed by atoms with Crippen molar-refractivity contribution in [3.05, 3.63) is 59.7 Å². The number of ether oxygens (including phenoxy) is 1. The van der Waals surface area contributed by atoms with Crippen LogP contribution in [0, 0.1) is 5.92 Å². The van der Waals surface area contributed by atoms with Crippen molar-refractivity contribution in [1.29, 1.82) is 0 Å². The molecule has 1 aromatic rings. The molecular formula is C15H18O. The van der Waals surface area contributed by atoms with Gasteiger partial charge in [0.1, 0.15) is 0 Å². The Morgan fingerprint density at radius 2 is 2.06 bits per heavy atom. The molecule has 1 heteroatoms. The molecular weight excluding hydrogens is 196 g/mol. The molecule has 0 saturated heterocycles. The minimum Gasteiger partial charge on any atom is -0.376 e. The van der Waals surface area contributed by atoms with Crippen molar-refractivity contribution < 1.29 is 4.74 Å². The first-order valence-corrected chi connectivity index (χ1v) is 5.81. The summed E-state index contributed by atoms with van der Waals surface area (Å²) in [5, 5.41) is 0. The van der Waals surface area contributed by atoms with Crippen LogP contribution in [0.3, 0.4) is 0 Å². The molecule has 1 aromatic carbocycles. The lowest BCUT2D eigenvalue weighted by molar-refractivity contribution is 0.0970. The van der Waals surface area contributed by atoms with E-state index >= 15 is 0 Å². The van der Waals surface area contributed by atoms with Crippen LogP contribution in [0.25, 0.3) is 0 Å². The number of rotatable bonds is 4. The molecule has 84 valence electrons. The summed E-state index contributed by atoms with van der Waals surface area (Å²) >= 11 is 0. The second kappa shape index (κ2) is 5.66. The van der Waals surface area contributed by atoms with Gasteiger partial charge >= 0.3 is 0 Å². The van der Waals surface area contributed by atoms with Gasteiger partial charge in [-0.25, -0.2) is 0 Å². The normalized spacial score (nSPS) is 19.6. The molecule has 0 N–H and O–H groups in total. The smallest absolute Gasteiger partial charge is 0.0717 e. The highest BCUT2D eigenvalue weighted by molar-refractivity contribution is 5.19. The van der Waals surface area contributed by atoms with E-state index in [4.69, 9.17) is 4.74 Å². The van der Waals surface area contributed by atoms with Gasteiger partial charge in [-0.3, -0.25) is 0 Å². The van der Waals surface area contributed by atoms with E-state index in [1.165, 1.54) is 11.1 Å². The fraction of sp³-hybridized carbons (Fsp3) is 0.333. The Bertz CT molecular complexity index is 376. The van der Waals surface area contributed by atoms with Crippen LogP contribution >= 0.6 is 0 Å². The fourth-order valence-electron chi connectivity index (χ4n) is 1.88. The fourth-order valence-corrected chi connectivity index (χ4v) is 1.88. The molecule has 1 atom stereocenters. The summed E-state index contributed by atoms with van der Waals surface area (Å²) in [6, 6.07) is 10.3. The summed E-state index contributed by atoms with van der Waals surface area (Å²) in [7, 11) is 0. The van der Waals surface area contributed by atoms with Gasteiger partial charge in [-0.2, -0.15) is 0 Å². The van der Waals surface area contributed by atoms with E-state index in [1.54, 1.807) is 0 Å². The average molecular weight is 214 g/mol. The van der Waals surface area contributed by atoms with E-state index in [9.17, 15) is 0 Å². The van der Waals surface area contributed by atoms with Crippen LogP contribution < -0.4 is 0 Å². The number of benzene rings is 1. The van der Waals surface area contributed by atoms with Gasteiger partial charge in [0.15, 0.2) is 0 Å². The molecule has 16 heavy (non-hydrogen) atoms. The lowest BCUT2D eigenvalue weighted by Crippen LogP contribution is -2.12. The predicted molar refractivity (Wildman–Crippen MR) is 67.1 cm³/mol. The highest BCUT2D eigenvalue weighted by Gasteiger charge is 2.11. The molecule has 0 radical (unpaired) electrons. The van der Waals surface area contributed by atoms with Crippen molar-refractivity contribution in [2.45, 2.75) is 20.0 Å². The molecule has 1 aliphatic rings. The highest BCUT2D eigenvalue weighted by Crippen LogP contribution is 2.20. The maximum atomic E-state index is 5.75. The minimum absolute atomic E-state index is 0.564. The molecule has 0 saturated carbocycles. The molecule has 0 heterocycles. The van der Waals surface area contributed by atoms with Crippen molar-refractivity contribution in [2.75, 3.05) is 6.61 Å². The Morgan fingerprint density at radius 1 is 1.25 bits per heavy atom. The Labute approximate surface area is 97.4 Å². The van der Waals surface area contributed by atoms with E-state index in [0.29, 0.717) is 12.5 Å². The summed E-state index contributed by atoms with van der Waals surface area (Å²) in [6.45, 7) is 3.72. The van der Waals surface area contributed by atoms with Crippen LogP contribution in [-0.2, 0) is 11.3 Å². The van der Waals surface area contributed by atoms with Crippen LogP contribution in [0.15, 0.2) is 54.1 Å². The SMILES string of the molecule is CC1=CC=CCC1COCc1ccccc1. The van der Waals surface area contributed by atoms with Gasteiger partial charge in [0.25, 0.3) is 0 Å². The largest absolute Gasteiger partial charge is 0.376 e. The topological polar surface area (TPSA) is 9.23 Å². The first-order chi connectivity index (χ1) is 7.86. The molecule has 0 bridgehead atoms. The van der Waals surface area contributed by atoms with Gasteiger partial charge in [-0.1, -0.05) is 54.1 Å². The van der Waals surface area contributed by atoms with Gasteiger partial charge in [0.05, 0.1) is 13.2 Å². The molecule has 2 rings (SSSR count). The maximum Gasteiger partial charge on any atom is 0.0717 e. The third kappa shape index (κ3) is 3.07. The lowest BCUT2D eigenvalue weighted by Gasteiger charge is -2.18. The van der Waals surface area contributed by atoms with Crippen molar-refractivity contribution in [2.24, 2.45) is 5.92 Å². The summed E-state index contributed by atoms with van der Waals surface area (Å²) in [5.41, 5.74) is 2.67. The van der Waals surface area contributed by atoms with E-state index in [2.05, 4.69) is 37.3 Å². The molecule has 0 amide bonds. The number of hydrogen-bond acceptors (Lipinski definition) is 1. The van der Waals surface area contributed by atoms with Crippen LogP contribution in [0.4, 0.5) is 0 Å². The van der Waals surface area contributed by atoms with Crippen LogP contribution in [0.1, 0.15) is 18.9 Å². The molecule has 0 aromatic heterocycles. The van der Waals surface area contributed by atoms with Gasteiger partial charge in [-0.05, 0) is 18.9 Å². The van der Waals surface area contributed by atoms with E-state index < -0.39 is 0 Å². The second-order valence-electron chi connectivity index (χ2n) is 4.27. The third-order valence-electron chi connectivity index (χ3n) is 2.99. The summed E-state index contributed by atoms with van der Waals surface area (Å²) < 4.78 is 5.75. The molecule has 1 unspecified atom stereocenters. The summed E-state index contributed by atoms with van der Waals surface area (Å²) in [5.74, 6) is 0.564. The zero-order valence-corrected chi connectivity index (χ0v) is 9.73. The van der Waals surface area contributed by atoms with Gasteiger partial charge in [0.2, 0.25) is 0 Å². The Hall–Kier alpha value is -1.34. The van der Waals surface area contributed by atoms with Crippen LogP contribution in [0.2, 0.25) is 0 Å². The summed E-state index contributed by atoms with van der Waals surface area (Å²) in [6.07, 6.45) is 7.63. The Balaban J connectivity index is 1.77. The zero-order valence-electron chi connectivity index (χ0n) is 9.73. The minimum atomic E-state index is 0.564. The summed E-state index contributed by atoms with van der Waals surface area (Å²) in [4.78, 5) is 0. The standard InChI is InChI=1S/C15H18O/c1-13-7-5-6-10-15(13)12-16-11-14-8-3-2-4-9-14/h2-9,15H,10-12H2,1H3. The predicted octanol–water partition coefficient (Wildman–Crippen LogP) is 3.73. The monoisotopic (exact) mass is 214 g/mol. The molecule has 1 nitrogen and oxygen atoms in total. The molecule has 0 spiro atoms. The zero-order chi connectivity index (χ0) is 11.2. The molecule has 0 fully saturated rings. The first kappa shape index (κ1) is 11.2. The lowest BCUT2D eigenvalue weighted by atomic mass is 9.94. The molecule has 0 aliphatic heterocycles. The van der Waals surface area contributed by atoms with Crippen molar-refractivity contribution in [3.63, 3.8) is 0 Å². The Morgan fingerprint density at radius 3 is 2.81 bits per heavy atom. The number of allylic oxidation sites excluding steroid dienone is 3. The average Bonchev–Trinajstić information content (AvgIpc) is 2.33. The van der Waals surface area contributed by atoms with Gasteiger partial charge in [-0.15, -0.1) is 0 Å². The van der Waals surface area contributed by atoms with Crippen LogP contribution in [0.5, 0.6) is 0 Å². The van der Waals surface area contributed by atoms with Gasteiger partial charge < -0.3 is 4.74 Å². The quantitative estimate of drug-likeness (QED) is 0.742. The van der Waals surface area contributed by atoms with E-state index in [1.807, 2.05) is 18.2 Å². The maximum absolute atomic E-state index is 5.75.